The second-order valence-electron chi connectivity index (χ2n) is 5.31. The molecule has 11 heteroatoms. The maximum atomic E-state index is 14.4. The van der Waals surface area contributed by atoms with Crippen LogP contribution in [0.15, 0.2) is 23.9 Å². The standard InChI is InChI=1S/C14H11F4N3O3S/c1-20-11(14(16,17)18)4-12(23)21(13(20)24)9-2-6-8(5-22)19-25-10(6)3-7(9)15/h2-5,12-13,23-24H,1H3. The lowest BCUT2D eigenvalue weighted by Gasteiger charge is -2.43. The van der Waals surface area contributed by atoms with Crippen LogP contribution in [-0.4, -0.2) is 51.6 Å². The molecular formula is C14H11F4N3O3S. The van der Waals surface area contributed by atoms with E-state index in [1.165, 1.54) is 0 Å². The molecule has 1 aromatic carbocycles. The van der Waals surface area contributed by atoms with E-state index in [1.54, 1.807) is 0 Å². The fourth-order valence-corrected chi connectivity index (χ4v) is 3.35. The van der Waals surface area contributed by atoms with Crippen molar-refractivity contribution >= 4 is 33.6 Å². The van der Waals surface area contributed by atoms with Gasteiger partial charge in [0.1, 0.15) is 17.2 Å². The SMILES string of the molecule is CN1C(C(F)(F)F)=CC(O)N(c2cc3c(C=O)nsc3cc2F)C1O. The highest BCUT2D eigenvalue weighted by atomic mass is 32.1. The monoisotopic (exact) mass is 377 g/mol. The van der Waals surface area contributed by atoms with Crippen LogP contribution in [-0.2, 0) is 0 Å². The summed E-state index contributed by atoms with van der Waals surface area (Å²) in [5.41, 5.74) is -1.58. The Labute approximate surface area is 142 Å². The minimum Gasteiger partial charge on any atom is -0.370 e. The summed E-state index contributed by atoms with van der Waals surface area (Å²) in [6.07, 6.45) is -7.79. The highest BCUT2D eigenvalue weighted by Gasteiger charge is 2.44. The molecule has 2 heterocycles. The lowest BCUT2D eigenvalue weighted by Crippen LogP contribution is -2.56. The van der Waals surface area contributed by atoms with Crippen molar-refractivity contribution < 1.29 is 32.6 Å². The van der Waals surface area contributed by atoms with Crippen LogP contribution in [0.2, 0.25) is 0 Å². The van der Waals surface area contributed by atoms with E-state index in [1.807, 2.05) is 0 Å². The van der Waals surface area contributed by atoms with Crippen LogP contribution in [0, 0.1) is 5.82 Å². The summed E-state index contributed by atoms with van der Waals surface area (Å²) in [5, 5.41) is 20.5. The Hall–Kier alpha value is -2.24. The summed E-state index contributed by atoms with van der Waals surface area (Å²) in [6.45, 7) is 0. The summed E-state index contributed by atoms with van der Waals surface area (Å²) < 4.78 is 57.4. The van der Waals surface area contributed by atoms with Crippen molar-refractivity contribution in [2.75, 3.05) is 11.9 Å². The maximum absolute atomic E-state index is 14.4. The molecule has 0 fully saturated rings. The van der Waals surface area contributed by atoms with Gasteiger partial charge in [-0.25, -0.2) is 4.39 Å². The highest BCUT2D eigenvalue weighted by molar-refractivity contribution is 7.13. The topological polar surface area (TPSA) is 76.9 Å². The van der Waals surface area contributed by atoms with E-state index in [2.05, 4.69) is 4.37 Å². The van der Waals surface area contributed by atoms with E-state index in [-0.39, 0.29) is 16.8 Å². The number of aliphatic hydroxyl groups is 2. The summed E-state index contributed by atoms with van der Waals surface area (Å²) in [4.78, 5) is 12.1. The van der Waals surface area contributed by atoms with Crippen molar-refractivity contribution in [3.8, 4) is 0 Å². The number of hydrogen-bond donors (Lipinski definition) is 2. The van der Waals surface area contributed by atoms with Crippen LogP contribution >= 0.6 is 11.5 Å². The minimum absolute atomic E-state index is 0.0297. The van der Waals surface area contributed by atoms with Crippen LogP contribution in [0.5, 0.6) is 0 Å². The van der Waals surface area contributed by atoms with E-state index < -0.39 is 30.3 Å². The number of halogens is 4. The third-order valence-corrected chi connectivity index (χ3v) is 4.64. The van der Waals surface area contributed by atoms with Gasteiger partial charge in [0.25, 0.3) is 0 Å². The Morgan fingerprint density at radius 2 is 2.00 bits per heavy atom. The number of rotatable bonds is 2. The van der Waals surface area contributed by atoms with Crippen molar-refractivity contribution in [3.05, 3.63) is 35.4 Å². The fraction of sp³-hybridized carbons (Fsp3) is 0.286. The molecule has 0 amide bonds. The smallest absolute Gasteiger partial charge is 0.370 e. The third kappa shape index (κ3) is 2.83. The average Bonchev–Trinajstić information content (AvgIpc) is 2.91. The van der Waals surface area contributed by atoms with Gasteiger partial charge in [0, 0.05) is 12.4 Å². The van der Waals surface area contributed by atoms with E-state index in [9.17, 15) is 32.6 Å². The van der Waals surface area contributed by atoms with Crippen LogP contribution in [0.3, 0.4) is 0 Å². The van der Waals surface area contributed by atoms with E-state index in [0.29, 0.717) is 26.9 Å². The number of anilines is 1. The van der Waals surface area contributed by atoms with Gasteiger partial charge in [0.05, 0.1) is 10.4 Å². The summed E-state index contributed by atoms with van der Waals surface area (Å²) in [5.74, 6) is -0.885. The number of aldehydes is 1. The number of benzene rings is 1. The van der Waals surface area contributed by atoms with E-state index in [4.69, 9.17) is 0 Å². The zero-order valence-corrected chi connectivity index (χ0v) is 13.3. The molecule has 1 aromatic heterocycles. The Morgan fingerprint density at radius 1 is 1.32 bits per heavy atom. The maximum Gasteiger partial charge on any atom is 0.431 e. The van der Waals surface area contributed by atoms with Gasteiger partial charge in [-0.2, -0.15) is 17.5 Å². The number of aromatic nitrogens is 1. The average molecular weight is 377 g/mol. The zero-order chi connectivity index (χ0) is 18.5. The predicted molar refractivity (Wildman–Crippen MR) is 81.4 cm³/mol. The molecular weight excluding hydrogens is 366 g/mol. The molecule has 2 N–H and O–H groups in total. The third-order valence-electron chi connectivity index (χ3n) is 3.81. The van der Waals surface area contributed by atoms with Gasteiger partial charge in [-0.3, -0.25) is 9.69 Å². The zero-order valence-electron chi connectivity index (χ0n) is 12.5. The lowest BCUT2D eigenvalue weighted by molar-refractivity contribution is -0.133. The van der Waals surface area contributed by atoms with E-state index >= 15 is 0 Å². The molecule has 0 radical (unpaired) electrons. The summed E-state index contributed by atoms with van der Waals surface area (Å²) in [6, 6.07) is 2.20. The first-order valence-electron chi connectivity index (χ1n) is 6.85. The molecule has 0 saturated carbocycles. The van der Waals surface area contributed by atoms with Gasteiger partial charge in [-0.05, 0) is 29.7 Å². The number of carbonyl (C=O) groups is 1. The quantitative estimate of drug-likeness (QED) is 0.616. The Balaban J connectivity index is 2.13. The van der Waals surface area contributed by atoms with Gasteiger partial charge >= 0.3 is 6.18 Å². The molecule has 2 unspecified atom stereocenters. The van der Waals surface area contributed by atoms with Gasteiger partial charge in [-0.15, -0.1) is 0 Å². The molecule has 25 heavy (non-hydrogen) atoms. The first-order chi connectivity index (χ1) is 11.6. The van der Waals surface area contributed by atoms with Crippen molar-refractivity contribution in [2.45, 2.75) is 18.8 Å². The molecule has 2 aromatic rings. The Morgan fingerprint density at radius 3 is 2.60 bits per heavy atom. The van der Waals surface area contributed by atoms with Crippen LogP contribution in [0.25, 0.3) is 10.1 Å². The molecule has 6 nitrogen and oxygen atoms in total. The second-order valence-corrected chi connectivity index (χ2v) is 6.12. The molecule has 1 aliphatic rings. The van der Waals surface area contributed by atoms with Crippen molar-refractivity contribution in [1.82, 2.24) is 9.27 Å². The molecule has 0 aliphatic carbocycles. The molecule has 0 bridgehead atoms. The van der Waals surface area contributed by atoms with Crippen LogP contribution < -0.4 is 4.90 Å². The van der Waals surface area contributed by atoms with E-state index in [0.717, 1.165) is 30.7 Å². The van der Waals surface area contributed by atoms with Crippen molar-refractivity contribution in [1.29, 1.82) is 0 Å². The minimum atomic E-state index is -4.80. The lowest BCUT2D eigenvalue weighted by atomic mass is 10.1. The predicted octanol–water partition coefficient (Wildman–Crippen LogP) is 2.04. The Kier molecular flexibility index (Phi) is 4.17. The second kappa shape index (κ2) is 5.93. The number of aliphatic hydroxyl groups excluding tert-OH is 2. The number of carbonyl (C=O) groups excluding carboxylic acids is 1. The largest absolute Gasteiger partial charge is 0.431 e. The van der Waals surface area contributed by atoms with Gasteiger partial charge in [0.15, 0.2) is 12.5 Å². The van der Waals surface area contributed by atoms with Gasteiger partial charge in [0.2, 0.25) is 6.35 Å². The fourth-order valence-electron chi connectivity index (χ4n) is 2.60. The molecule has 1 aliphatic heterocycles. The number of nitrogens with zero attached hydrogens (tertiary/aromatic N) is 3. The molecule has 0 saturated heterocycles. The number of hydrogen-bond acceptors (Lipinski definition) is 7. The highest BCUT2D eigenvalue weighted by Crippen LogP contribution is 2.37. The van der Waals surface area contributed by atoms with Crippen molar-refractivity contribution in [2.24, 2.45) is 0 Å². The number of fused-ring (bicyclic) bond motifs is 1. The first kappa shape index (κ1) is 17.6. The number of allylic oxidation sites excluding steroid dienone is 1. The first-order valence-corrected chi connectivity index (χ1v) is 7.63. The molecule has 134 valence electrons. The summed E-state index contributed by atoms with van der Waals surface area (Å²) in [7, 11) is 0.961. The molecule has 2 atom stereocenters. The summed E-state index contributed by atoms with van der Waals surface area (Å²) >= 11 is 0.878. The molecule has 0 spiro atoms. The van der Waals surface area contributed by atoms with Gasteiger partial charge < -0.3 is 15.1 Å². The molecule has 3 rings (SSSR count). The van der Waals surface area contributed by atoms with Crippen LogP contribution in [0.1, 0.15) is 10.5 Å². The normalized spacial score (nSPS) is 21.6. The number of alkyl halides is 3. The van der Waals surface area contributed by atoms with Crippen molar-refractivity contribution in [3.63, 3.8) is 0 Å². The Bertz CT molecular complexity index is 867. The van der Waals surface area contributed by atoms with Gasteiger partial charge in [-0.1, -0.05) is 0 Å². The van der Waals surface area contributed by atoms with Crippen LogP contribution in [0.4, 0.5) is 23.2 Å².